The predicted octanol–water partition coefficient (Wildman–Crippen LogP) is 6.25. The fourth-order valence-electron chi connectivity index (χ4n) is 2.44. The van der Waals surface area contributed by atoms with E-state index in [0.717, 1.165) is 0 Å². The Morgan fingerprint density at radius 3 is 2.56 bits per heavy atom. The summed E-state index contributed by atoms with van der Waals surface area (Å²) in [5.74, 6) is 1.03. The molecule has 0 saturated carbocycles. The minimum absolute atomic E-state index is 0.110. The first-order valence-electron chi connectivity index (χ1n) is 7.50. The lowest BCUT2D eigenvalue weighted by Gasteiger charge is -2.30. The van der Waals surface area contributed by atoms with Crippen molar-refractivity contribution in [2.24, 2.45) is 0 Å². The molecule has 1 aromatic heterocycles. The lowest BCUT2D eigenvalue weighted by atomic mass is 10.1. The van der Waals surface area contributed by atoms with Gasteiger partial charge in [0.25, 0.3) is 5.91 Å². The number of nitrogens with zero attached hydrogens (tertiary/aromatic N) is 1. The van der Waals surface area contributed by atoms with E-state index in [1.165, 1.54) is 11.8 Å². The Kier molecular flexibility index (Phi) is 5.04. The predicted molar refractivity (Wildman–Crippen MR) is 109 cm³/mol. The van der Waals surface area contributed by atoms with E-state index < -0.39 is 0 Å². The zero-order chi connectivity index (χ0) is 18.4. The molecule has 1 saturated heterocycles. The molecule has 0 bridgehead atoms. The van der Waals surface area contributed by atoms with Crippen LogP contribution in [0.2, 0.25) is 10.0 Å². The van der Waals surface area contributed by atoms with Crippen molar-refractivity contribution in [3.63, 3.8) is 0 Å². The molecule has 1 aliphatic heterocycles. The van der Waals surface area contributed by atoms with Crippen LogP contribution in [-0.4, -0.2) is 20.7 Å². The van der Waals surface area contributed by atoms with Crippen molar-refractivity contribution in [2.75, 3.05) is 0 Å². The van der Waals surface area contributed by atoms with Crippen LogP contribution in [0.15, 0.2) is 39.7 Å². The Balaban J connectivity index is 1.91. The Hall–Kier alpha value is -1.27. The number of hydrogen-bond acceptors (Lipinski definition) is 4. The largest absolute Gasteiger partial charge is 0.457 e. The molecule has 1 aromatic carbocycles. The van der Waals surface area contributed by atoms with Crippen LogP contribution in [0.4, 0.5) is 0 Å². The van der Waals surface area contributed by atoms with Crippen LogP contribution in [0.5, 0.6) is 0 Å². The van der Waals surface area contributed by atoms with Crippen LogP contribution in [0.3, 0.4) is 0 Å². The summed E-state index contributed by atoms with van der Waals surface area (Å²) in [4.78, 5) is 14.8. The third-order valence-corrected chi connectivity index (χ3v) is 5.43. The minimum Gasteiger partial charge on any atom is -0.457 e. The van der Waals surface area contributed by atoms with Crippen molar-refractivity contribution < 1.29 is 9.21 Å². The van der Waals surface area contributed by atoms with Crippen molar-refractivity contribution >= 4 is 63.5 Å². The van der Waals surface area contributed by atoms with Crippen LogP contribution in [0.25, 0.3) is 17.4 Å². The lowest BCUT2D eigenvalue weighted by molar-refractivity contribution is -0.125. The minimum atomic E-state index is -0.362. The molecule has 0 spiro atoms. The van der Waals surface area contributed by atoms with Gasteiger partial charge in [0, 0.05) is 22.2 Å². The average Bonchev–Trinajstić information content (AvgIpc) is 3.06. The van der Waals surface area contributed by atoms with Gasteiger partial charge in [0.05, 0.1) is 9.93 Å². The van der Waals surface area contributed by atoms with Gasteiger partial charge in [-0.3, -0.25) is 9.69 Å². The highest BCUT2D eigenvalue weighted by atomic mass is 35.5. The molecule has 0 radical (unpaired) electrons. The summed E-state index contributed by atoms with van der Waals surface area (Å²) in [5.41, 5.74) is 0.343. The summed E-state index contributed by atoms with van der Waals surface area (Å²) in [6, 6.07) is 8.76. The molecule has 25 heavy (non-hydrogen) atoms. The van der Waals surface area contributed by atoms with Crippen molar-refractivity contribution in [1.29, 1.82) is 0 Å². The second kappa shape index (κ2) is 6.80. The fourth-order valence-corrected chi connectivity index (χ4v) is 4.44. The maximum Gasteiger partial charge on any atom is 0.266 e. The molecule has 2 heterocycles. The maximum absolute atomic E-state index is 12.6. The Morgan fingerprint density at radius 2 is 1.92 bits per heavy atom. The second-order valence-corrected chi connectivity index (χ2v) is 9.03. The summed E-state index contributed by atoms with van der Waals surface area (Å²) < 4.78 is 6.37. The number of rotatable bonds is 2. The molecular formula is C18H15Cl2NO2S2. The third kappa shape index (κ3) is 3.80. The fraction of sp³-hybridized carbons (Fsp3) is 0.222. The van der Waals surface area contributed by atoms with Gasteiger partial charge in [-0.2, -0.15) is 0 Å². The van der Waals surface area contributed by atoms with Gasteiger partial charge >= 0.3 is 0 Å². The first-order chi connectivity index (χ1) is 11.7. The monoisotopic (exact) mass is 411 g/mol. The molecule has 0 unspecified atom stereocenters. The van der Waals surface area contributed by atoms with Gasteiger partial charge in [-0.25, -0.2) is 0 Å². The van der Waals surface area contributed by atoms with Crippen molar-refractivity contribution in [2.45, 2.75) is 26.3 Å². The number of halogens is 2. The summed E-state index contributed by atoms with van der Waals surface area (Å²) in [6.07, 6.45) is 1.70. The number of carbonyl (C=O) groups excluding carboxylic acids is 1. The number of hydrogen-bond donors (Lipinski definition) is 0. The summed E-state index contributed by atoms with van der Waals surface area (Å²) in [5, 5.41) is 1.12. The van der Waals surface area contributed by atoms with Crippen molar-refractivity contribution in [3.05, 3.63) is 51.0 Å². The summed E-state index contributed by atoms with van der Waals surface area (Å²) in [6.45, 7) is 5.85. The molecule has 0 atom stereocenters. The van der Waals surface area contributed by atoms with E-state index in [9.17, 15) is 4.79 Å². The van der Waals surface area contributed by atoms with Crippen LogP contribution in [-0.2, 0) is 4.79 Å². The van der Waals surface area contributed by atoms with Gasteiger partial charge in [0.2, 0.25) is 0 Å². The smallest absolute Gasteiger partial charge is 0.266 e. The van der Waals surface area contributed by atoms with Crippen LogP contribution >= 0.6 is 47.2 Å². The molecule has 3 rings (SSSR count). The topological polar surface area (TPSA) is 33.5 Å². The number of thiocarbonyl (C=S) groups is 1. The number of furan rings is 1. The van der Waals surface area contributed by atoms with Gasteiger partial charge in [-0.1, -0.05) is 47.2 Å². The number of benzene rings is 1. The highest BCUT2D eigenvalue weighted by Gasteiger charge is 2.39. The highest BCUT2D eigenvalue weighted by Crippen LogP contribution is 2.38. The second-order valence-electron chi connectivity index (χ2n) is 6.51. The lowest BCUT2D eigenvalue weighted by Crippen LogP contribution is -2.44. The zero-order valence-electron chi connectivity index (χ0n) is 13.8. The molecule has 0 aliphatic carbocycles. The summed E-state index contributed by atoms with van der Waals surface area (Å²) in [7, 11) is 0. The average molecular weight is 412 g/mol. The molecule has 1 aliphatic rings. The first-order valence-corrected chi connectivity index (χ1v) is 9.48. The standard InChI is InChI=1S/C18H15Cl2NO2S2/c1-18(2,3)21-16(22)15(25-17(21)24)9-11-5-7-14(23-11)12-8-10(19)4-6-13(12)20/h4-9H,1-3H3/b15-9+. The molecule has 1 amide bonds. The van der Waals surface area contributed by atoms with Gasteiger partial charge in [0.15, 0.2) is 0 Å². The normalized spacial score (nSPS) is 17.0. The van der Waals surface area contributed by atoms with E-state index in [4.69, 9.17) is 39.8 Å². The molecule has 0 N–H and O–H groups in total. The van der Waals surface area contributed by atoms with E-state index in [-0.39, 0.29) is 11.4 Å². The number of amides is 1. The van der Waals surface area contributed by atoms with Crippen LogP contribution in [0.1, 0.15) is 26.5 Å². The number of thioether (sulfide) groups is 1. The van der Waals surface area contributed by atoms with E-state index >= 15 is 0 Å². The zero-order valence-corrected chi connectivity index (χ0v) is 16.9. The van der Waals surface area contributed by atoms with E-state index in [2.05, 4.69) is 0 Å². The van der Waals surface area contributed by atoms with Gasteiger partial charge in [-0.15, -0.1) is 0 Å². The Labute approximate surface area is 166 Å². The molecule has 2 aromatic rings. The maximum atomic E-state index is 12.6. The van der Waals surface area contributed by atoms with Gasteiger partial charge in [-0.05, 0) is 51.1 Å². The first kappa shape index (κ1) is 18.5. The molecule has 130 valence electrons. The van der Waals surface area contributed by atoms with Gasteiger partial charge < -0.3 is 4.42 Å². The molecule has 7 heteroatoms. The third-order valence-electron chi connectivity index (χ3n) is 3.56. The molecule has 3 nitrogen and oxygen atoms in total. The van der Waals surface area contributed by atoms with Gasteiger partial charge in [0.1, 0.15) is 15.8 Å². The summed E-state index contributed by atoms with van der Waals surface area (Å²) >= 11 is 18.8. The molecule has 1 fully saturated rings. The number of carbonyl (C=O) groups is 1. The molecular weight excluding hydrogens is 397 g/mol. The Bertz CT molecular complexity index is 897. The van der Waals surface area contributed by atoms with Crippen molar-refractivity contribution in [1.82, 2.24) is 4.90 Å². The highest BCUT2D eigenvalue weighted by molar-refractivity contribution is 8.26. The van der Waals surface area contributed by atoms with Crippen molar-refractivity contribution in [3.8, 4) is 11.3 Å². The van der Waals surface area contributed by atoms with Crippen LogP contribution < -0.4 is 0 Å². The Morgan fingerprint density at radius 1 is 1.20 bits per heavy atom. The van der Waals surface area contributed by atoms with E-state index in [1.54, 1.807) is 41.3 Å². The van der Waals surface area contributed by atoms with Crippen LogP contribution in [0, 0.1) is 0 Å². The van der Waals surface area contributed by atoms with E-state index in [0.29, 0.717) is 36.4 Å². The SMILES string of the molecule is CC(C)(C)N1C(=O)/C(=C\c2ccc(-c3cc(Cl)ccc3Cl)o2)SC1=S. The van der Waals surface area contributed by atoms with E-state index in [1.807, 2.05) is 20.8 Å². The quantitative estimate of drug-likeness (QED) is 0.431.